The van der Waals surface area contributed by atoms with E-state index in [0.717, 1.165) is 32.5 Å². The predicted molar refractivity (Wildman–Crippen MR) is 54.8 cm³/mol. The average Bonchev–Trinajstić information content (AvgIpc) is 2.58. The lowest BCUT2D eigenvalue weighted by Gasteiger charge is -2.01. The molecule has 0 aromatic carbocycles. The van der Waals surface area contributed by atoms with Gasteiger partial charge in [-0.3, -0.25) is 0 Å². The molecular weight excluding hydrogens is 178 g/mol. The molecule has 0 aliphatic rings. The number of aryl methyl sites for hydroxylation is 2. The van der Waals surface area contributed by atoms with Gasteiger partial charge in [0.15, 0.2) is 0 Å². The van der Waals surface area contributed by atoms with Gasteiger partial charge in [-0.05, 0) is 25.9 Å². The van der Waals surface area contributed by atoms with Crippen LogP contribution < -0.4 is 9.88 Å². The molecule has 0 aliphatic heterocycles. The van der Waals surface area contributed by atoms with Crippen LogP contribution in [0.4, 0.5) is 0 Å². The van der Waals surface area contributed by atoms with Gasteiger partial charge in [0, 0.05) is 6.61 Å². The summed E-state index contributed by atoms with van der Waals surface area (Å²) in [6, 6.07) is 0. The lowest BCUT2D eigenvalue weighted by Crippen LogP contribution is -2.33. The van der Waals surface area contributed by atoms with E-state index >= 15 is 0 Å². The Morgan fingerprint density at radius 3 is 2.79 bits per heavy atom. The van der Waals surface area contributed by atoms with Gasteiger partial charge in [0.2, 0.25) is 6.33 Å². The highest BCUT2D eigenvalue weighted by Gasteiger charge is 1.98. The van der Waals surface area contributed by atoms with E-state index in [9.17, 15) is 0 Å². The van der Waals surface area contributed by atoms with Crippen LogP contribution in [0, 0.1) is 0 Å². The Hall–Kier alpha value is -0.870. The molecule has 0 radical (unpaired) electrons. The maximum absolute atomic E-state index is 8.56. The van der Waals surface area contributed by atoms with Crippen molar-refractivity contribution in [1.29, 1.82) is 0 Å². The van der Waals surface area contributed by atoms with Crippen molar-refractivity contribution in [3.63, 3.8) is 0 Å². The van der Waals surface area contributed by atoms with E-state index in [-0.39, 0.29) is 6.61 Å². The van der Waals surface area contributed by atoms with Crippen LogP contribution in [-0.4, -0.2) is 29.4 Å². The van der Waals surface area contributed by atoms with E-state index in [1.54, 1.807) is 0 Å². The fourth-order valence-corrected chi connectivity index (χ4v) is 1.35. The Labute approximate surface area is 85.2 Å². The van der Waals surface area contributed by atoms with Crippen LogP contribution in [0.2, 0.25) is 0 Å². The number of rotatable bonds is 7. The third kappa shape index (κ3) is 4.39. The molecule has 1 aromatic rings. The van der Waals surface area contributed by atoms with Crippen LogP contribution in [0.5, 0.6) is 0 Å². The van der Waals surface area contributed by atoms with Crippen molar-refractivity contribution < 1.29 is 9.67 Å². The van der Waals surface area contributed by atoms with Gasteiger partial charge in [-0.15, -0.1) is 0 Å². The lowest BCUT2D eigenvalue weighted by atomic mass is 10.4. The van der Waals surface area contributed by atoms with Gasteiger partial charge in [0.25, 0.3) is 0 Å². The zero-order valence-corrected chi connectivity index (χ0v) is 8.82. The van der Waals surface area contributed by atoms with Crippen LogP contribution >= 0.6 is 0 Å². The summed E-state index contributed by atoms with van der Waals surface area (Å²) in [6.45, 7) is 3.26. The van der Waals surface area contributed by atoms with Crippen molar-refractivity contribution in [3.05, 3.63) is 18.7 Å². The Morgan fingerprint density at radius 1 is 1.36 bits per heavy atom. The first-order valence-corrected chi connectivity index (χ1v) is 5.15. The molecule has 1 aromatic heterocycles. The van der Waals surface area contributed by atoms with Gasteiger partial charge in [0.05, 0.1) is 13.6 Å². The molecule has 4 nitrogen and oxygen atoms in total. The zero-order valence-electron chi connectivity index (χ0n) is 8.82. The van der Waals surface area contributed by atoms with E-state index < -0.39 is 0 Å². The maximum Gasteiger partial charge on any atom is 0.243 e. The summed E-state index contributed by atoms with van der Waals surface area (Å²) >= 11 is 0. The molecule has 0 bridgehead atoms. The summed E-state index contributed by atoms with van der Waals surface area (Å²) in [5.41, 5.74) is 0. The van der Waals surface area contributed by atoms with Crippen LogP contribution in [0.1, 0.15) is 12.8 Å². The number of hydrogen-bond acceptors (Lipinski definition) is 2. The molecule has 0 saturated carbocycles. The highest BCUT2D eigenvalue weighted by atomic mass is 16.3. The van der Waals surface area contributed by atoms with Crippen molar-refractivity contribution in [1.82, 2.24) is 9.88 Å². The number of nitrogens with one attached hydrogen (secondary N) is 1. The van der Waals surface area contributed by atoms with Crippen LogP contribution in [0.3, 0.4) is 0 Å². The standard InChI is InChI=1S/C10H20N3O/c1-12-7-8-13(10-12)6-2-4-11-5-3-9-14/h7-8,10-11,14H,2-6,9H2,1H3/q+1. The first kappa shape index (κ1) is 11.2. The predicted octanol–water partition coefficient (Wildman–Crippen LogP) is -0.325. The van der Waals surface area contributed by atoms with Gasteiger partial charge in [-0.25, -0.2) is 9.13 Å². The zero-order chi connectivity index (χ0) is 10.2. The van der Waals surface area contributed by atoms with Gasteiger partial charge >= 0.3 is 0 Å². The first-order chi connectivity index (χ1) is 6.83. The average molecular weight is 198 g/mol. The number of imidazole rings is 1. The molecule has 1 heterocycles. The van der Waals surface area contributed by atoms with Gasteiger partial charge in [-0.1, -0.05) is 0 Å². The molecular formula is C10H20N3O+. The summed E-state index contributed by atoms with van der Waals surface area (Å²) in [5.74, 6) is 0. The molecule has 0 unspecified atom stereocenters. The second kappa shape index (κ2) is 6.56. The molecule has 0 spiro atoms. The molecule has 80 valence electrons. The van der Waals surface area contributed by atoms with Crippen molar-refractivity contribution >= 4 is 0 Å². The molecule has 0 amide bonds. The number of hydrogen-bond donors (Lipinski definition) is 2. The summed E-state index contributed by atoms with van der Waals surface area (Å²) in [5, 5.41) is 11.8. The van der Waals surface area contributed by atoms with Crippen LogP contribution in [-0.2, 0) is 13.6 Å². The lowest BCUT2D eigenvalue weighted by molar-refractivity contribution is -0.696. The molecule has 2 N–H and O–H groups in total. The minimum Gasteiger partial charge on any atom is -0.396 e. The van der Waals surface area contributed by atoms with E-state index in [1.807, 2.05) is 17.8 Å². The van der Waals surface area contributed by atoms with Crippen molar-refractivity contribution in [2.45, 2.75) is 19.4 Å². The number of aliphatic hydroxyl groups excluding tert-OH is 1. The number of nitrogens with zero attached hydrogens (tertiary/aromatic N) is 2. The SMILES string of the molecule is Cn1cc[n+](CCCNCCCO)c1. The van der Waals surface area contributed by atoms with Crippen molar-refractivity contribution in [3.8, 4) is 0 Å². The second-order valence-corrected chi connectivity index (χ2v) is 3.50. The summed E-state index contributed by atoms with van der Waals surface area (Å²) in [7, 11) is 2.02. The minimum atomic E-state index is 0.278. The molecule has 0 atom stereocenters. The van der Waals surface area contributed by atoms with E-state index in [2.05, 4.69) is 22.4 Å². The van der Waals surface area contributed by atoms with Crippen molar-refractivity contribution in [2.24, 2.45) is 7.05 Å². The third-order valence-electron chi connectivity index (χ3n) is 2.11. The summed E-state index contributed by atoms with van der Waals surface area (Å²) in [4.78, 5) is 0. The van der Waals surface area contributed by atoms with E-state index in [1.165, 1.54) is 0 Å². The summed E-state index contributed by atoms with van der Waals surface area (Å²) in [6.07, 6.45) is 8.17. The topological polar surface area (TPSA) is 41.1 Å². The van der Waals surface area contributed by atoms with Crippen molar-refractivity contribution in [2.75, 3.05) is 19.7 Å². The maximum atomic E-state index is 8.56. The Kier molecular flexibility index (Phi) is 5.25. The molecule has 4 heteroatoms. The van der Waals surface area contributed by atoms with Gasteiger partial charge in [-0.2, -0.15) is 0 Å². The molecule has 0 aliphatic carbocycles. The molecule has 1 rings (SSSR count). The fraction of sp³-hybridized carbons (Fsp3) is 0.700. The fourth-order valence-electron chi connectivity index (χ4n) is 1.35. The van der Waals surface area contributed by atoms with Crippen LogP contribution in [0.25, 0.3) is 0 Å². The van der Waals surface area contributed by atoms with Gasteiger partial charge in [0.1, 0.15) is 12.4 Å². The van der Waals surface area contributed by atoms with Crippen LogP contribution in [0.15, 0.2) is 18.7 Å². The monoisotopic (exact) mass is 198 g/mol. The number of aliphatic hydroxyl groups is 1. The third-order valence-corrected chi connectivity index (χ3v) is 2.11. The first-order valence-electron chi connectivity index (χ1n) is 5.15. The molecule has 0 fully saturated rings. The Bertz CT molecular complexity index is 247. The smallest absolute Gasteiger partial charge is 0.243 e. The minimum absolute atomic E-state index is 0.278. The quantitative estimate of drug-likeness (QED) is 0.465. The Balaban J connectivity index is 1.99. The highest BCUT2D eigenvalue weighted by Crippen LogP contribution is 1.81. The normalized spacial score (nSPS) is 10.7. The number of aromatic nitrogens is 2. The molecule has 14 heavy (non-hydrogen) atoms. The largest absolute Gasteiger partial charge is 0.396 e. The molecule has 0 saturated heterocycles. The van der Waals surface area contributed by atoms with E-state index in [0.29, 0.717) is 0 Å². The summed E-state index contributed by atoms with van der Waals surface area (Å²) < 4.78 is 4.22. The second-order valence-electron chi connectivity index (χ2n) is 3.50. The van der Waals surface area contributed by atoms with Gasteiger partial charge < -0.3 is 10.4 Å². The highest BCUT2D eigenvalue weighted by molar-refractivity contribution is 4.62. The Morgan fingerprint density at radius 2 is 2.14 bits per heavy atom. The van der Waals surface area contributed by atoms with E-state index in [4.69, 9.17) is 5.11 Å².